The van der Waals surface area contributed by atoms with E-state index < -0.39 is 59.7 Å². The minimum atomic E-state index is -1.28. The van der Waals surface area contributed by atoms with Crippen molar-refractivity contribution in [2.24, 2.45) is 11.7 Å². The maximum absolute atomic E-state index is 13.7. The van der Waals surface area contributed by atoms with Crippen LogP contribution in [0.5, 0.6) is 0 Å². The van der Waals surface area contributed by atoms with Crippen molar-refractivity contribution < 1.29 is 34.2 Å². The van der Waals surface area contributed by atoms with E-state index in [0.29, 0.717) is 12.1 Å². The molecule has 9 N–H and O–H groups in total. The van der Waals surface area contributed by atoms with Gasteiger partial charge >= 0.3 is 11.9 Å². The molecular weight excluding hydrogens is 546 g/mol. The van der Waals surface area contributed by atoms with Gasteiger partial charge in [-0.05, 0) is 24.0 Å². The summed E-state index contributed by atoms with van der Waals surface area (Å²) < 4.78 is 0. The van der Waals surface area contributed by atoms with E-state index in [1.807, 2.05) is 31.2 Å². The molecule has 0 aliphatic heterocycles. The first-order valence-corrected chi connectivity index (χ1v) is 13.6. The fourth-order valence-corrected chi connectivity index (χ4v) is 4.45. The standard InChI is InChI=1S/C28H37N7O7/c1-3-15(2)24(27(40)34-22(28(41)42)11-17-13-30-14-32-17)35-26(39)21(33-25(38)19(29)8-9-23(36)37)10-16-12-31-20-7-5-4-6-18(16)20/h4-7,12-15,19,21-22,24,31H,3,8-11,29H2,1-2H3,(H,30,32)(H,33,38)(H,34,40)(H,35,39)(H,36,37)(H,41,42). The van der Waals surface area contributed by atoms with Crippen LogP contribution in [0, 0.1) is 5.92 Å². The molecule has 0 bridgehead atoms. The quantitative estimate of drug-likeness (QED) is 0.117. The number of nitrogens with two attached hydrogens (primary N) is 1. The van der Waals surface area contributed by atoms with E-state index in [-0.39, 0.29) is 25.7 Å². The SMILES string of the molecule is CCC(C)C(NC(=O)C(Cc1c[nH]c2ccccc12)NC(=O)C(N)CCC(=O)O)C(=O)NC(Cc1cnc[nH]1)C(=O)O. The summed E-state index contributed by atoms with van der Waals surface area (Å²) in [5.41, 5.74) is 7.95. The Labute approximate surface area is 241 Å². The number of carboxylic acid groups (broad SMARTS) is 2. The predicted molar refractivity (Wildman–Crippen MR) is 152 cm³/mol. The van der Waals surface area contributed by atoms with Crippen LogP contribution in [0.3, 0.4) is 0 Å². The van der Waals surface area contributed by atoms with Crippen LogP contribution in [0.2, 0.25) is 0 Å². The second-order valence-electron chi connectivity index (χ2n) is 10.2. The van der Waals surface area contributed by atoms with Crippen LogP contribution in [-0.2, 0) is 36.8 Å². The van der Waals surface area contributed by atoms with Crippen molar-refractivity contribution in [2.75, 3.05) is 0 Å². The highest BCUT2D eigenvalue weighted by atomic mass is 16.4. The Morgan fingerprint density at radius 1 is 0.952 bits per heavy atom. The van der Waals surface area contributed by atoms with E-state index in [1.165, 1.54) is 12.5 Å². The zero-order chi connectivity index (χ0) is 30.8. The van der Waals surface area contributed by atoms with Crippen molar-refractivity contribution in [3.05, 3.63) is 54.2 Å². The molecule has 0 aliphatic rings. The Hall–Kier alpha value is -4.72. The van der Waals surface area contributed by atoms with Crippen molar-refractivity contribution >= 4 is 40.6 Å². The van der Waals surface area contributed by atoms with Gasteiger partial charge in [0, 0.05) is 48.3 Å². The summed E-state index contributed by atoms with van der Waals surface area (Å²) in [6.07, 6.45) is 4.59. The first kappa shape index (κ1) is 31.8. The molecule has 14 nitrogen and oxygen atoms in total. The molecule has 0 saturated heterocycles. The van der Waals surface area contributed by atoms with Gasteiger partial charge in [-0.3, -0.25) is 19.2 Å². The third kappa shape index (κ3) is 8.64. The Bertz CT molecular complexity index is 1390. The number of aromatic amines is 2. The van der Waals surface area contributed by atoms with Crippen LogP contribution < -0.4 is 21.7 Å². The molecule has 5 unspecified atom stereocenters. The highest BCUT2D eigenvalue weighted by molar-refractivity contribution is 5.95. The first-order valence-electron chi connectivity index (χ1n) is 13.6. The largest absolute Gasteiger partial charge is 0.481 e. The average Bonchev–Trinajstić information content (AvgIpc) is 3.63. The summed E-state index contributed by atoms with van der Waals surface area (Å²) in [6, 6.07) is 2.66. The molecule has 3 aromatic rings. The van der Waals surface area contributed by atoms with E-state index in [9.17, 15) is 29.1 Å². The molecule has 3 rings (SSSR count). The third-order valence-corrected chi connectivity index (χ3v) is 7.12. The third-order valence-electron chi connectivity index (χ3n) is 7.12. The smallest absolute Gasteiger partial charge is 0.326 e. The zero-order valence-corrected chi connectivity index (χ0v) is 23.4. The maximum atomic E-state index is 13.7. The number of hydrogen-bond acceptors (Lipinski definition) is 7. The van der Waals surface area contributed by atoms with Crippen LogP contribution in [0.15, 0.2) is 43.0 Å². The highest BCUT2D eigenvalue weighted by Crippen LogP contribution is 2.20. The van der Waals surface area contributed by atoms with Gasteiger partial charge in [-0.15, -0.1) is 0 Å². The second-order valence-corrected chi connectivity index (χ2v) is 10.2. The van der Waals surface area contributed by atoms with E-state index in [1.54, 1.807) is 13.1 Å². The Kier molecular flexibility index (Phi) is 11.2. The number of para-hydroxylation sites is 1. The van der Waals surface area contributed by atoms with Gasteiger partial charge in [0.05, 0.1) is 12.4 Å². The summed E-state index contributed by atoms with van der Waals surface area (Å²) >= 11 is 0. The van der Waals surface area contributed by atoms with Crippen molar-refractivity contribution in [3.63, 3.8) is 0 Å². The zero-order valence-electron chi connectivity index (χ0n) is 23.4. The van der Waals surface area contributed by atoms with Gasteiger partial charge < -0.3 is 41.9 Å². The molecule has 14 heteroatoms. The van der Waals surface area contributed by atoms with Gasteiger partial charge in [-0.1, -0.05) is 38.5 Å². The minimum absolute atomic E-state index is 0.0413. The van der Waals surface area contributed by atoms with Crippen molar-refractivity contribution in [3.8, 4) is 0 Å². The summed E-state index contributed by atoms with van der Waals surface area (Å²) in [4.78, 5) is 72.5. The van der Waals surface area contributed by atoms with Crippen LogP contribution >= 0.6 is 0 Å². The lowest BCUT2D eigenvalue weighted by molar-refractivity contribution is -0.142. The van der Waals surface area contributed by atoms with Crippen LogP contribution in [0.25, 0.3) is 10.9 Å². The number of carbonyl (C=O) groups excluding carboxylic acids is 3. The lowest BCUT2D eigenvalue weighted by Crippen LogP contribution is -2.59. The Morgan fingerprint density at radius 2 is 1.67 bits per heavy atom. The lowest BCUT2D eigenvalue weighted by Gasteiger charge is -2.28. The normalized spacial score (nSPS) is 14.7. The van der Waals surface area contributed by atoms with Crippen molar-refractivity contribution in [2.45, 2.75) is 70.1 Å². The summed E-state index contributed by atoms with van der Waals surface area (Å²) in [5.74, 6) is -4.85. The van der Waals surface area contributed by atoms with Gasteiger partial charge in [0.1, 0.15) is 18.1 Å². The number of amides is 3. The monoisotopic (exact) mass is 583 g/mol. The van der Waals surface area contributed by atoms with Crippen LogP contribution in [-0.4, -0.2) is 79.0 Å². The molecule has 0 radical (unpaired) electrons. The van der Waals surface area contributed by atoms with E-state index >= 15 is 0 Å². The van der Waals surface area contributed by atoms with Crippen LogP contribution in [0.4, 0.5) is 0 Å². The highest BCUT2D eigenvalue weighted by Gasteiger charge is 2.33. The van der Waals surface area contributed by atoms with Crippen molar-refractivity contribution in [1.82, 2.24) is 30.9 Å². The van der Waals surface area contributed by atoms with Crippen molar-refractivity contribution in [1.29, 1.82) is 0 Å². The van der Waals surface area contributed by atoms with E-state index in [0.717, 1.165) is 16.5 Å². The fourth-order valence-electron chi connectivity index (χ4n) is 4.45. The molecule has 226 valence electrons. The molecule has 0 aliphatic carbocycles. The topological polar surface area (TPSA) is 232 Å². The predicted octanol–water partition coefficient (Wildman–Crippen LogP) is 0.453. The van der Waals surface area contributed by atoms with Crippen LogP contribution in [0.1, 0.15) is 44.4 Å². The Balaban J connectivity index is 1.82. The second kappa shape index (κ2) is 14.8. The molecule has 3 amide bonds. The van der Waals surface area contributed by atoms with Gasteiger partial charge in [-0.25, -0.2) is 9.78 Å². The molecule has 0 fully saturated rings. The van der Waals surface area contributed by atoms with Gasteiger partial charge in [-0.2, -0.15) is 0 Å². The number of aromatic nitrogens is 3. The number of rotatable bonds is 16. The average molecular weight is 584 g/mol. The van der Waals surface area contributed by atoms with Gasteiger partial charge in [0.15, 0.2) is 0 Å². The number of carbonyl (C=O) groups is 5. The number of hydrogen-bond donors (Lipinski definition) is 8. The Morgan fingerprint density at radius 3 is 2.31 bits per heavy atom. The molecule has 42 heavy (non-hydrogen) atoms. The molecule has 2 aromatic heterocycles. The summed E-state index contributed by atoms with van der Waals surface area (Å²) in [5, 5.41) is 27.3. The van der Waals surface area contributed by atoms with E-state index in [4.69, 9.17) is 10.8 Å². The number of H-pyrrole nitrogens is 2. The van der Waals surface area contributed by atoms with Gasteiger partial charge in [0.2, 0.25) is 17.7 Å². The molecule has 1 aromatic carbocycles. The van der Waals surface area contributed by atoms with Gasteiger partial charge in [0.25, 0.3) is 0 Å². The number of nitrogens with one attached hydrogen (secondary N) is 5. The minimum Gasteiger partial charge on any atom is -0.481 e. The summed E-state index contributed by atoms with van der Waals surface area (Å²) in [7, 11) is 0. The van der Waals surface area contributed by atoms with E-state index in [2.05, 4.69) is 30.9 Å². The number of benzene rings is 1. The number of aliphatic carboxylic acids is 2. The first-order chi connectivity index (χ1) is 20.0. The molecule has 2 heterocycles. The molecular formula is C28H37N7O7. The molecule has 0 spiro atoms. The number of fused-ring (bicyclic) bond motifs is 1. The number of nitrogens with zero attached hydrogens (tertiary/aromatic N) is 1. The molecule has 0 saturated carbocycles. The maximum Gasteiger partial charge on any atom is 0.326 e. The summed E-state index contributed by atoms with van der Waals surface area (Å²) in [6.45, 7) is 3.56. The molecule has 5 atom stereocenters. The fraction of sp³-hybridized carbons (Fsp3) is 0.429. The number of carboxylic acids is 2. The lowest BCUT2D eigenvalue weighted by atomic mass is 9.96. The number of imidazole rings is 1.